The molecular formula is C29H36F3N5O7S. The predicted molar refractivity (Wildman–Crippen MR) is 156 cm³/mol. The van der Waals surface area contributed by atoms with Crippen molar-refractivity contribution >= 4 is 27.8 Å². The molecule has 1 unspecified atom stereocenters. The van der Waals surface area contributed by atoms with Crippen molar-refractivity contribution in [3.63, 3.8) is 0 Å². The van der Waals surface area contributed by atoms with Gasteiger partial charge in [-0.05, 0) is 74.2 Å². The molecule has 0 saturated carbocycles. The number of carbonyl (C=O) groups excluding carboxylic acids is 2. The fraction of sp³-hybridized carbons (Fsp3) is 0.483. The van der Waals surface area contributed by atoms with E-state index in [9.17, 15) is 31.2 Å². The van der Waals surface area contributed by atoms with Gasteiger partial charge in [0.05, 0.1) is 25.1 Å². The Hall–Kier alpha value is -3.89. The van der Waals surface area contributed by atoms with Crippen molar-refractivity contribution in [3.8, 4) is 5.75 Å². The molecule has 1 fully saturated rings. The number of likely N-dealkylation sites (tertiary alicyclic amines) is 1. The summed E-state index contributed by atoms with van der Waals surface area (Å²) in [6.45, 7) is 4.96. The molecule has 2 aliphatic rings. The second kappa shape index (κ2) is 13.2. The topological polar surface area (TPSA) is 130 Å². The second-order valence-electron chi connectivity index (χ2n) is 10.9. The number of hydrazone groups is 1. The minimum Gasteiger partial charge on any atom is -0.497 e. The smallest absolute Gasteiger partial charge is 0.491 e. The number of nitrogens with one attached hydrogen (secondary N) is 1. The predicted octanol–water partition coefficient (Wildman–Crippen LogP) is 2.88. The number of benzene rings is 2. The summed E-state index contributed by atoms with van der Waals surface area (Å²) >= 11 is 0. The number of amides is 1. The van der Waals surface area contributed by atoms with Crippen LogP contribution in [0, 0.1) is 13.8 Å². The van der Waals surface area contributed by atoms with Crippen LogP contribution in [0.3, 0.4) is 0 Å². The van der Waals surface area contributed by atoms with Gasteiger partial charge in [0.25, 0.3) is 0 Å². The van der Waals surface area contributed by atoms with Crippen molar-refractivity contribution in [1.29, 1.82) is 0 Å². The average molecular weight is 656 g/mol. The molecule has 2 aromatic rings. The van der Waals surface area contributed by atoms with Crippen molar-refractivity contribution in [2.75, 3.05) is 40.8 Å². The number of nitrogens with zero attached hydrogens (tertiary/aromatic N) is 4. The monoisotopic (exact) mass is 655 g/mol. The number of alkyl halides is 3. The van der Waals surface area contributed by atoms with Gasteiger partial charge in [0.2, 0.25) is 15.9 Å². The third-order valence-electron chi connectivity index (χ3n) is 7.46. The summed E-state index contributed by atoms with van der Waals surface area (Å²) in [4.78, 5) is 27.4. The molecule has 1 amide bonds. The Labute approximate surface area is 259 Å². The van der Waals surface area contributed by atoms with Gasteiger partial charge in [-0.15, -0.1) is 5.10 Å². The van der Waals surface area contributed by atoms with E-state index in [4.69, 9.17) is 9.47 Å². The van der Waals surface area contributed by atoms with E-state index in [0.717, 1.165) is 54.4 Å². The first kappa shape index (κ1) is 34.0. The van der Waals surface area contributed by atoms with E-state index in [0.29, 0.717) is 22.4 Å². The molecule has 0 spiro atoms. The van der Waals surface area contributed by atoms with Crippen LogP contribution in [-0.2, 0) is 42.2 Å². The maximum Gasteiger partial charge on any atom is 0.491 e. The summed E-state index contributed by atoms with van der Waals surface area (Å²) in [5, 5.41) is 7.06. The first-order chi connectivity index (χ1) is 21.1. The number of halogens is 3. The third kappa shape index (κ3) is 7.34. The van der Waals surface area contributed by atoms with Crippen molar-refractivity contribution in [2.45, 2.75) is 56.8 Å². The summed E-state index contributed by atoms with van der Waals surface area (Å²) < 4.78 is 83.6. The fourth-order valence-corrected chi connectivity index (χ4v) is 6.77. The Bertz CT molecular complexity index is 1540. The minimum absolute atomic E-state index is 0.0173. The lowest BCUT2D eigenvalue weighted by molar-refractivity contribution is -0.271. The largest absolute Gasteiger partial charge is 0.497 e. The van der Waals surface area contributed by atoms with Gasteiger partial charge >= 0.3 is 24.0 Å². The van der Waals surface area contributed by atoms with Crippen LogP contribution in [0.2, 0.25) is 0 Å². The molecule has 12 nitrogen and oxygen atoms in total. The molecule has 0 radical (unpaired) electrons. The minimum atomic E-state index is -5.47. The van der Waals surface area contributed by atoms with Gasteiger partial charge in [-0.2, -0.15) is 17.5 Å². The number of rotatable bonds is 11. The number of likely N-dealkylation sites (N-methyl/N-ethyl adjacent to an activating group) is 2. The van der Waals surface area contributed by atoms with Gasteiger partial charge in [0, 0.05) is 20.6 Å². The number of methoxy groups -OCH3 is 1. The summed E-state index contributed by atoms with van der Waals surface area (Å²) in [6.07, 6.45) is -3.22. The Balaban J connectivity index is 1.65. The number of hydrogen-bond donors (Lipinski definition) is 1. The van der Waals surface area contributed by atoms with Gasteiger partial charge in [0.1, 0.15) is 5.75 Å². The molecule has 4 rings (SSSR count). The summed E-state index contributed by atoms with van der Waals surface area (Å²) in [6, 6.07) is 10.2. The van der Waals surface area contributed by atoms with E-state index in [2.05, 4.69) is 20.1 Å². The average Bonchev–Trinajstić information content (AvgIpc) is 3.60. The summed E-state index contributed by atoms with van der Waals surface area (Å²) in [7, 11) is -0.427. The van der Waals surface area contributed by atoms with Crippen LogP contribution < -0.4 is 10.1 Å². The van der Waals surface area contributed by atoms with Crippen LogP contribution in [0.15, 0.2) is 46.4 Å². The normalized spacial score (nSPS) is 19.0. The van der Waals surface area contributed by atoms with E-state index in [1.807, 2.05) is 12.1 Å². The Kier molecular flexibility index (Phi) is 9.99. The van der Waals surface area contributed by atoms with E-state index < -0.39 is 46.4 Å². The van der Waals surface area contributed by atoms with Crippen LogP contribution in [-0.4, -0.2) is 93.3 Å². The first-order valence-corrected chi connectivity index (χ1v) is 15.5. The lowest BCUT2D eigenvalue weighted by atomic mass is 10.1. The Morgan fingerprint density at radius 2 is 1.62 bits per heavy atom. The molecule has 2 heterocycles. The number of ether oxygens (including phenoxy) is 3. The van der Waals surface area contributed by atoms with E-state index >= 15 is 0 Å². The number of sulfonamides is 1. The molecule has 246 valence electrons. The SMILES string of the molecule is CNC(=O)C1(OC(=O)C(F)(F)F)OC(CN(C)S(=O)(=O)c2c(C)cc(OC)cc2C)=NN1Cc1ccc(CN2CCCC2)cc1. The molecule has 0 bridgehead atoms. The highest BCUT2D eigenvalue weighted by Crippen LogP contribution is 2.33. The van der Waals surface area contributed by atoms with E-state index in [-0.39, 0.29) is 11.4 Å². The molecule has 16 heteroatoms. The fourth-order valence-electron chi connectivity index (χ4n) is 5.25. The van der Waals surface area contributed by atoms with E-state index in [1.165, 1.54) is 14.2 Å². The van der Waals surface area contributed by atoms with Gasteiger partial charge in [-0.3, -0.25) is 9.69 Å². The summed E-state index contributed by atoms with van der Waals surface area (Å²) in [5.41, 5.74) is 2.30. The highest BCUT2D eigenvalue weighted by Gasteiger charge is 2.59. The zero-order chi connectivity index (χ0) is 33.2. The Morgan fingerprint density at radius 3 is 2.13 bits per heavy atom. The maximum absolute atomic E-state index is 13.6. The molecule has 1 saturated heterocycles. The van der Waals surface area contributed by atoms with Gasteiger partial charge in [0.15, 0.2) is 0 Å². The van der Waals surface area contributed by atoms with Crippen LogP contribution >= 0.6 is 0 Å². The van der Waals surface area contributed by atoms with Crippen LogP contribution in [0.1, 0.15) is 35.1 Å². The summed E-state index contributed by atoms with van der Waals surface area (Å²) in [5.74, 6) is -7.00. The van der Waals surface area contributed by atoms with Crippen molar-refractivity contribution in [2.24, 2.45) is 5.10 Å². The van der Waals surface area contributed by atoms with Crippen molar-refractivity contribution < 1.29 is 45.4 Å². The molecule has 0 aromatic heterocycles. The molecule has 2 aliphatic heterocycles. The number of esters is 1. The molecule has 2 aromatic carbocycles. The first-order valence-electron chi connectivity index (χ1n) is 14.1. The number of carbonyl (C=O) groups is 2. The van der Waals surface area contributed by atoms with Gasteiger partial charge < -0.3 is 19.5 Å². The van der Waals surface area contributed by atoms with Crippen LogP contribution in [0.5, 0.6) is 5.75 Å². The quantitative estimate of drug-likeness (QED) is 0.364. The zero-order valence-corrected chi connectivity index (χ0v) is 26.4. The van der Waals surface area contributed by atoms with E-state index in [1.54, 1.807) is 38.1 Å². The molecule has 45 heavy (non-hydrogen) atoms. The number of hydrogen-bond acceptors (Lipinski definition) is 10. The van der Waals surface area contributed by atoms with Gasteiger partial charge in [-0.1, -0.05) is 24.3 Å². The molecule has 1 atom stereocenters. The highest BCUT2D eigenvalue weighted by molar-refractivity contribution is 7.89. The molecular weight excluding hydrogens is 619 g/mol. The van der Waals surface area contributed by atoms with Crippen LogP contribution in [0.25, 0.3) is 0 Å². The van der Waals surface area contributed by atoms with Crippen molar-refractivity contribution in [3.05, 3.63) is 58.7 Å². The third-order valence-corrected chi connectivity index (χ3v) is 9.57. The standard InChI is InChI=1S/C29H36F3N5O7S/c1-19-14-23(42-5)15-20(2)25(19)45(40,41)35(4)18-24-34-37(29(43-24,26(38)33-3)44-27(39)28(30,31)32)17-22-10-8-21(9-11-22)16-36-12-6-7-13-36/h8-11,14-15H,6-7,12-13,16-18H2,1-5H3,(H,33,38). The zero-order valence-electron chi connectivity index (χ0n) is 25.6. The number of aryl methyl sites for hydroxylation is 2. The lowest BCUT2D eigenvalue weighted by Gasteiger charge is -2.33. The van der Waals surface area contributed by atoms with Crippen LogP contribution in [0.4, 0.5) is 13.2 Å². The maximum atomic E-state index is 13.6. The molecule has 1 N–H and O–H groups in total. The second-order valence-corrected chi connectivity index (χ2v) is 12.8. The Morgan fingerprint density at radius 1 is 1.07 bits per heavy atom. The highest BCUT2D eigenvalue weighted by atomic mass is 32.2. The van der Waals surface area contributed by atoms with Crippen molar-refractivity contribution in [1.82, 2.24) is 19.5 Å². The molecule has 0 aliphatic carbocycles. The van der Waals surface area contributed by atoms with Gasteiger partial charge in [-0.25, -0.2) is 18.2 Å². The lowest BCUT2D eigenvalue weighted by Crippen LogP contribution is -2.59.